The van der Waals surface area contributed by atoms with Crippen LogP contribution >= 0.6 is 12.4 Å². The lowest BCUT2D eigenvalue weighted by molar-refractivity contribution is -0.130. The van der Waals surface area contributed by atoms with Crippen LogP contribution in [-0.4, -0.2) is 32.7 Å². The van der Waals surface area contributed by atoms with Gasteiger partial charge in [0.05, 0.1) is 12.5 Å². The highest BCUT2D eigenvalue weighted by molar-refractivity contribution is 5.85. The van der Waals surface area contributed by atoms with Gasteiger partial charge in [0, 0.05) is 24.7 Å². The number of ether oxygens (including phenoxy) is 2. The Morgan fingerprint density at radius 3 is 2.75 bits per heavy atom. The number of hydrogen-bond acceptors (Lipinski definition) is 4. The van der Waals surface area contributed by atoms with E-state index in [0.717, 1.165) is 19.4 Å². The second-order valence-electron chi connectivity index (χ2n) is 5.60. The molecule has 1 amide bonds. The SMILES string of the molecule is CCC1(C(=O)NCc2ccc(OC)cc2OC(F)F)CCNC1.Cl. The molecule has 24 heavy (non-hydrogen) atoms. The molecule has 5 nitrogen and oxygen atoms in total. The highest BCUT2D eigenvalue weighted by Gasteiger charge is 2.39. The van der Waals surface area contributed by atoms with Crippen LogP contribution in [0.2, 0.25) is 0 Å². The Morgan fingerprint density at radius 2 is 2.21 bits per heavy atom. The van der Waals surface area contributed by atoms with Crippen molar-refractivity contribution in [3.05, 3.63) is 23.8 Å². The van der Waals surface area contributed by atoms with Crippen molar-refractivity contribution in [3.63, 3.8) is 0 Å². The van der Waals surface area contributed by atoms with E-state index in [2.05, 4.69) is 15.4 Å². The van der Waals surface area contributed by atoms with Crippen LogP contribution in [0.5, 0.6) is 11.5 Å². The first-order valence-electron chi connectivity index (χ1n) is 7.61. The predicted molar refractivity (Wildman–Crippen MR) is 88.9 cm³/mol. The molecule has 8 heteroatoms. The highest BCUT2D eigenvalue weighted by Crippen LogP contribution is 2.30. The lowest BCUT2D eigenvalue weighted by Gasteiger charge is -2.25. The summed E-state index contributed by atoms with van der Waals surface area (Å²) >= 11 is 0. The van der Waals surface area contributed by atoms with Crippen molar-refractivity contribution in [2.24, 2.45) is 5.41 Å². The zero-order valence-electron chi connectivity index (χ0n) is 13.7. The Hall–Kier alpha value is -1.60. The highest BCUT2D eigenvalue weighted by atomic mass is 35.5. The number of benzene rings is 1. The van der Waals surface area contributed by atoms with Gasteiger partial charge in [-0.05, 0) is 31.5 Å². The summed E-state index contributed by atoms with van der Waals surface area (Å²) in [5.41, 5.74) is 0.0626. The maximum absolute atomic E-state index is 12.5. The summed E-state index contributed by atoms with van der Waals surface area (Å²) in [6.07, 6.45) is 1.51. The third-order valence-electron chi connectivity index (χ3n) is 4.33. The first kappa shape index (κ1) is 20.4. The molecule has 0 radical (unpaired) electrons. The Labute approximate surface area is 146 Å². The summed E-state index contributed by atoms with van der Waals surface area (Å²) in [6, 6.07) is 4.65. The van der Waals surface area contributed by atoms with E-state index in [9.17, 15) is 13.6 Å². The first-order chi connectivity index (χ1) is 11.0. The summed E-state index contributed by atoms with van der Waals surface area (Å²) in [7, 11) is 1.45. The molecule has 1 unspecified atom stereocenters. The molecule has 1 aliphatic rings. The van der Waals surface area contributed by atoms with Gasteiger partial charge in [-0.3, -0.25) is 4.79 Å². The van der Waals surface area contributed by atoms with Crippen LogP contribution in [0.4, 0.5) is 8.78 Å². The Morgan fingerprint density at radius 1 is 1.46 bits per heavy atom. The molecule has 2 N–H and O–H groups in total. The van der Waals surface area contributed by atoms with Crippen LogP contribution in [-0.2, 0) is 11.3 Å². The zero-order chi connectivity index (χ0) is 16.9. The fourth-order valence-corrected chi connectivity index (χ4v) is 2.78. The van der Waals surface area contributed by atoms with E-state index in [1.807, 2.05) is 6.92 Å². The third kappa shape index (κ3) is 4.70. The Kier molecular flexibility index (Phi) is 7.69. The molecule has 1 fully saturated rings. The van der Waals surface area contributed by atoms with Gasteiger partial charge < -0.3 is 20.1 Å². The monoisotopic (exact) mass is 364 g/mol. The summed E-state index contributed by atoms with van der Waals surface area (Å²) in [6.45, 7) is 0.623. The van der Waals surface area contributed by atoms with Crippen molar-refractivity contribution in [1.29, 1.82) is 0 Å². The third-order valence-corrected chi connectivity index (χ3v) is 4.33. The maximum atomic E-state index is 12.5. The van der Waals surface area contributed by atoms with Crippen molar-refractivity contribution in [1.82, 2.24) is 10.6 Å². The Balaban J connectivity index is 0.00000288. The molecule has 0 saturated carbocycles. The largest absolute Gasteiger partial charge is 0.497 e. The molecular formula is C16H23ClF2N2O3. The number of carbonyl (C=O) groups is 1. The summed E-state index contributed by atoms with van der Waals surface area (Å²) in [4.78, 5) is 12.5. The maximum Gasteiger partial charge on any atom is 0.387 e. The zero-order valence-corrected chi connectivity index (χ0v) is 14.6. The number of amides is 1. The summed E-state index contributed by atoms with van der Waals surface area (Å²) < 4.78 is 34.6. The number of methoxy groups -OCH3 is 1. The average Bonchev–Trinajstić information content (AvgIpc) is 3.03. The van der Waals surface area contributed by atoms with Crippen molar-refractivity contribution >= 4 is 18.3 Å². The normalized spacial score (nSPS) is 19.7. The average molecular weight is 365 g/mol. The van der Waals surface area contributed by atoms with E-state index in [1.54, 1.807) is 12.1 Å². The van der Waals surface area contributed by atoms with E-state index in [-0.39, 0.29) is 30.6 Å². The molecule has 1 atom stereocenters. The number of hydrogen-bond donors (Lipinski definition) is 2. The van der Waals surface area contributed by atoms with Crippen molar-refractivity contribution in [2.45, 2.75) is 32.9 Å². The number of halogens is 3. The molecule has 0 aromatic heterocycles. The van der Waals surface area contributed by atoms with Gasteiger partial charge in [-0.25, -0.2) is 0 Å². The topological polar surface area (TPSA) is 59.6 Å². The van der Waals surface area contributed by atoms with Gasteiger partial charge in [-0.2, -0.15) is 8.78 Å². The van der Waals surface area contributed by atoms with E-state index < -0.39 is 12.0 Å². The smallest absolute Gasteiger partial charge is 0.387 e. The van der Waals surface area contributed by atoms with Gasteiger partial charge in [0.25, 0.3) is 0 Å². The number of rotatable bonds is 7. The number of carbonyl (C=O) groups excluding carboxylic acids is 1. The lowest BCUT2D eigenvalue weighted by atomic mass is 9.83. The van der Waals surface area contributed by atoms with Crippen molar-refractivity contribution < 1.29 is 23.0 Å². The minimum Gasteiger partial charge on any atom is -0.497 e. The van der Waals surface area contributed by atoms with Crippen molar-refractivity contribution in [3.8, 4) is 11.5 Å². The number of alkyl halides is 2. The van der Waals surface area contributed by atoms with E-state index in [1.165, 1.54) is 13.2 Å². The fourth-order valence-electron chi connectivity index (χ4n) is 2.78. The molecule has 2 rings (SSSR count). The molecule has 1 heterocycles. The molecule has 136 valence electrons. The van der Waals surface area contributed by atoms with Crippen LogP contribution in [0, 0.1) is 5.41 Å². The van der Waals surface area contributed by atoms with Crippen LogP contribution in [0.25, 0.3) is 0 Å². The van der Waals surface area contributed by atoms with E-state index in [0.29, 0.717) is 17.9 Å². The molecule has 1 aliphatic heterocycles. The second kappa shape index (κ2) is 9.03. The molecule has 1 aromatic carbocycles. The van der Waals surface area contributed by atoms with Gasteiger partial charge in [-0.15, -0.1) is 12.4 Å². The quantitative estimate of drug-likeness (QED) is 0.781. The summed E-state index contributed by atoms with van der Waals surface area (Å²) in [5, 5.41) is 6.03. The second-order valence-corrected chi connectivity index (χ2v) is 5.60. The van der Waals surface area contributed by atoms with Gasteiger partial charge in [0.15, 0.2) is 0 Å². The minimum atomic E-state index is -2.93. The number of nitrogens with one attached hydrogen (secondary N) is 2. The molecule has 0 bridgehead atoms. The standard InChI is InChI=1S/C16H22F2N2O3.ClH/c1-3-16(6-7-19-10-16)14(21)20-9-11-4-5-12(22-2)8-13(11)23-15(17)18;/h4-5,8,15,19H,3,6-7,9-10H2,1-2H3,(H,20,21);1H. The van der Waals surface area contributed by atoms with Crippen molar-refractivity contribution in [2.75, 3.05) is 20.2 Å². The van der Waals surface area contributed by atoms with Gasteiger partial charge >= 0.3 is 6.61 Å². The first-order valence-corrected chi connectivity index (χ1v) is 7.61. The van der Waals surface area contributed by atoms with Crippen LogP contribution < -0.4 is 20.1 Å². The van der Waals surface area contributed by atoms with E-state index >= 15 is 0 Å². The Bertz CT molecular complexity index is 552. The van der Waals surface area contributed by atoms with Crippen LogP contribution in [0.15, 0.2) is 18.2 Å². The summed E-state index contributed by atoms with van der Waals surface area (Å²) in [5.74, 6) is 0.360. The van der Waals surface area contributed by atoms with Gasteiger partial charge in [0.2, 0.25) is 5.91 Å². The molecule has 1 aromatic rings. The van der Waals surface area contributed by atoms with Crippen LogP contribution in [0.1, 0.15) is 25.3 Å². The predicted octanol–water partition coefficient (Wildman–Crippen LogP) is 2.72. The van der Waals surface area contributed by atoms with Gasteiger partial charge in [0.1, 0.15) is 11.5 Å². The lowest BCUT2D eigenvalue weighted by Crippen LogP contribution is -2.41. The van der Waals surface area contributed by atoms with Crippen LogP contribution in [0.3, 0.4) is 0 Å². The molecule has 1 saturated heterocycles. The van der Waals surface area contributed by atoms with Gasteiger partial charge in [-0.1, -0.05) is 6.92 Å². The minimum absolute atomic E-state index is 0. The fraction of sp³-hybridized carbons (Fsp3) is 0.562. The molecule has 0 spiro atoms. The molecular weight excluding hydrogens is 342 g/mol. The molecule has 0 aliphatic carbocycles. The van der Waals surface area contributed by atoms with E-state index in [4.69, 9.17) is 4.74 Å².